The van der Waals surface area contributed by atoms with Crippen LogP contribution in [0.15, 0.2) is 18.2 Å². The highest BCUT2D eigenvalue weighted by Crippen LogP contribution is 2.38. The maximum absolute atomic E-state index is 12.4. The van der Waals surface area contributed by atoms with Gasteiger partial charge in [-0.2, -0.15) is 0 Å². The molecule has 0 fully saturated rings. The second-order valence-electron chi connectivity index (χ2n) is 6.45. The summed E-state index contributed by atoms with van der Waals surface area (Å²) < 4.78 is 10.4. The Kier molecular flexibility index (Phi) is 5.93. The summed E-state index contributed by atoms with van der Waals surface area (Å²) in [6, 6.07) is 4.17. The molecule has 0 saturated carbocycles. The fraction of sp³-hybridized carbons (Fsp3) is 0.368. The maximum Gasteiger partial charge on any atom is 0.341 e. The first-order valence-electron chi connectivity index (χ1n) is 8.81. The van der Waals surface area contributed by atoms with Crippen molar-refractivity contribution in [3.05, 3.63) is 49.9 Å². The third kappa shape index (κ3) is 4.14. The number of nitro benzene ring substituents is 1. The van der Waals surface area contributed by atoms with Gasteiger partial charge in [0.05, 0.1) is 17.6 Å². The summed E-state index contributed by atoms with van der Waals surface area (Å²) >= 11 is 1.40. The molecule has 1 aliphatic carbocycles. The van der Waals surface area contributed by atoms with Gasteiger partial charge in [0.1, 0.15) is 10.8 Å². The molecule has 0 radical (unpaired) electrons. The molecule has 1 N–H and O–H groups in total. The molecule has 3 rings (SSSR count). The van der Waals surface area contributed by atoms with Crippen molar-refractivity contribution in [1.82, 2.24) is 0 Å². The van der Waals surface area contributed by atoms with E-state index in [1.165, 1.54) is 36.6 Å². The number of amides is 1. The minimum atomic E-state index is -0.490. The minimum Gasteiger partial charge on any atom is -0.483 e. The topological polar surface area (TPSA) is 108 Å². The molecule has 0 unspecified atom stereocenters. The molecule has 9 heteroatoms. The molecule has 28 heavy (non-hydrogen) atoms. The number of carbonyl (C=O) groups is 2. The summed E-state index contributed by atoms with van der Waals surface area (Å²) in [6.45, 7) is 1.39. The fourth-order valence-electron chi connectivity index (χ4n) is 3.19. The molecule has 2 aromatic rings. The molecule has 148 valence electrons. The number of methoxy groups -OCH3 is 1. The summed E-state index contributed by atoms with van der Waals surface area (Å²) in [5.41, 5.74) is 1.91. The van der Waals surface area contributed by atoms with Crippen molar-refractivity contribution in [1.29, 1.82) is 0 Å². The van der Waals surface area contributed by atoms with E-state index >= 15 is 0 Å². The van der Waals surface area contributed by atoms with Crippen LogP contribution < -0.4 is 10.1 Å². The number of esters is 1. The van der Waals surface area contributed by atoms with Gasteiger partial charge in [0.2, 0.25) is 0 Å². The Morgan fingerprint density at radius 1 is 1.29 bits per heavy atom. The fourth-order valence-corrected chi connectivity index (χ4v) is 4.48. The van der Waals surface area contributed by atoms with Gasteiger partial charge in [-0.15, -0.1) is 11.3 Å². The van der Waals surface area contributed by atoms with Crippen molar-refractivity contribution in [2.45, 2.75) is 32.6 Å². The Labute approximate surface area is 165 Å². The summed E-state index contributed by atoms with van der Waals surface area (Å²) in [5.74, 6) is -0.484. The molecule has 0 spiro atoms. The molecule has 1 heterocycles. The third-order valence-electron chi connectivity index (χ3n) is 4.54. The monoisotopic (exact) mass is 404 g/mol. The van der Waals surface area contributed by atoms with E-state index < -0.39 is 16.8 Å². The number of thiophene rings is 1. The van der Waals surface area contributed by atoms with Crippen LogP contribution in [0, 0.1) is 17.0 Å². The number of nitro groups is 1. The molecule has 8 nitrogen and oxygen atoms in total. The van der Waals surface area contributed by atoms with Crippen molar-refractivity contribution in [3.8, 4) is 5.75 Å². The van der Waals surface area contributed by atoms with E-state index in [0.717, 1.165) is 36.1 Å². The molecule has 0 aliphatic heterocycles. The first kappa shape index (κ1) is 19.8. The van der Waals surface area contributed by atoms with E-state index in [1.807, 2.05) is 0 Å². The third-order valence-corrected chi connectivity index (χ3v) is 5.75. The van der Waals surface area contributed by atoms with Gasteiger partial charge < -0.3 is 14.8 Å². The standard InChI is InChI=1S/C19H20N2O6S/c1-11-9-12(21(24)25)7-8-14(11)27-10-16(22)20-18-17(19(23)26-2)13-5-3-4-6-15(13)28-18/h7-9H,3-6,10H2,1-2H3,(H,20,22). The lowest BCUT2D eigenvalue weighted by molar-refractivity contribution is -0.384. The number of benzene rings is 1. The zero-order valence-corrected chi connectivity index (χ0v) is 16.4. The minimum absolute atomic E-state index is 0.0406. The highest BCUT2D eigenvalue weighted by atomic mass is 32.1. The maximum atomic E-state index is 12.4. The van der Waals surface area contributed by atoms with Crippen LogP contribution >= 0.6 is 11.3 Å². The van der Waals surface area contributed by atoms with E-state index in [1.54, 1.807) is 6.92 Å². The van der Waals surface area contributed by atoms with E-state index in [9.17, 15) is 19.7 Å². The molecule has 0 bridgehead atoms. The average Bonchev–Trinajstić information content (AvgIpc) is 3.03. The number of nitrogens with zero attached hydrogens (tertiary/aromatic N) is 1. The molecule has 1 aromatic heterocycles. The van der Waals surface area contributed by atoms with Gasteiger partial charge >= 0.3 is 5.97 Å². The second-order valence-corrected chi connectivity index (χ2v) is 7.56. The SMILES string of the molecule is COC(=O)c1c(NC(=O)COc2ccc([N+](=O)[O-])cc2C)sc2c1CCCC2. The van der Waals surface area contributed by atoms with Crippen LogP contribution in [0.2, 0.25) is 0 Å². The molecule has 1 amide bonds. The number of rotatable bonds is 6. The smallest absolute Gasteiger partial charge is 0.341 e. The van der Waals surface area contributed by atoms with Gasteiger partial charge in [0.15, 0.2) is 6.61 Å². The van der Waals surface area contributed by atoms with Gasteiger partial charge in [-0.05, 0) is 49.8 Å². The molecular weight excluding hydrogens is 384 g/mol. The van der Waals surface area contributed by atoms with Crippen molar-refractivity contribution in [2.75, 3.05) is 19.0 Å². The summed E-state index contributed by atoms with van der Waals surface area (Å²) in [4.78, 5) is 36.0. The Morgan fingerprint density at radius 2 is 2.04 bits per heavy atom. The van der Waals surface area contributed by atoms with E-state index in [-0.39, 0.29) is 12.3 Å². The first-order valence-corrected chi connectivity index (χ1v) is 9.63. The average molecular weight is 404 g/mol. The van der Waals surface area contributed by atoms with E-state index in [2.05, 4.69) is 5.32 Å². The Hall–Kier alpha value is -2.94. The molecular formula is C19H20N2O6S. The predicted octanol–water partition coefficient (Wildman–Crippen LogP) is 3.65. The number of fused-ring (bicyclic) bond motifs is 1. The Bertz CT molecular complexity index is 937. The number of non-ortho nitro benzene ring substituents is 1. The Morgan fingerprint density at radius 3 is 2.71 bits per heavy atom. The van der Waals surface area contributed by atoms with Crippen LogP contribution in [-0.2, 0) is 22.4 Å². The van der Waals surface area contributed by atoms with Crippen LogP contribution in [0.5, 0.6) is 5.75 Å². The van der Waals surface area contributed by atoms with Crippen molar-refractivity contribution >= 4 is 33.9 Å². The van der Waals surface area contributed by atoms with Crippen LogP contribution in [0.1, 0.15) is 39.2 Å². The van der Waals surface area contributed by atoms with Gasteiger partial charge in [0, 0.05) is 17.0 Å². The number of aryl methyl sites for hydroxylation is 2. The van der Waals surface area contributed by atoms with Gasteiger partial charge in [-0.25, -0.2) is 4.79 Å². The van der Waals surface area contributed by atoms with Crippen molar-refractivity contribution in [2.24, 2.45) is 0 Å². The summed E-state index contributed by atoms with van der Waals surface area (Å²) in [7, 11) is 1.32. The van der Waals surface area contributed by atoms with E-state index in [0.29, 0.717) is 21.9 Å². The number of anilines is 1. The lowest BCUT2D eigenvalue weighted by atomic mass is 9.95. The number of nitrogens with one attached hydrogen (secondary N) is 1. The quantitative estimate of drug-likeness (QED) is 0.447. The van der Waals surface area contributed by atoms with Gasteiger partial charge in [0.25, 0.3) is 11.6 Å². The van der Waals surface area contributed by atoms with E-state index in [4.69, 9.17) is 9.47 Å². The van der Waals surface area contributed by atoms with Crippen LogP contribution in [0.25, 0.3) is 0 Å². The lowest BCUT2D eigenvalue weighted by Crippen LogP contribution is -2.21. The number of hydrogen-bond donors (Lipinski definition) is 1. The number of hydrogen-bond acceptors (Lipinski definition) is 7. The van der Waals surface area contributed by atoms with Crippen LogP contribution in [-0.4, -0.2) is 30.5 Å². The first-order chi connectivity index (χ1) is 13.4. The number of ether oxygens (including phenoxy) is 2. The second kappa shape index (κ2) is 8.39. The van der Waals surface area contributed by atoms with Crippen molar-refractivity contribution in [3.63, 3.8) is 0 Å². The van der Waals surface area contributed by atoms with Gasteiger partial charge in [-0.1, -0.05) is 0 Å². The summed E-state index contributed by atoms with van der Waals surface area (Å²) in [5, 5.41) is 14.0. The Balaban J connectivity index is 1.71. The number of carbonyl (C=O) groups excluding carboxylic acids is 2. The summed E-state index contributed by atoms with van der Waals surface area (Å²) in [6.07, 6.45) is 3.75. The van der Waals surface area contributed by atoms with Gasteiger partial charge in [-0.3, -0.25) is 14.9 Å². The van der Waals surface area contributed by atoms with Crippen LogP contribution in [0.3, 0.4) is 0 Å². The predicted molar refractivity (Wildman–Crippen MR) is 104 cm³/mol. The molecule has 0 saturated heterocycles. The zero-order valence-electron chi connectivity index (χ0n) is 15.6. The molecule has 1 aliphatic rings. The molecule has 1 aromatic carbocycles. The van der Waals surface area contributed by atoms with Crippen LogP contribution in [0.4, 0.5) is 10.7 Å². The highest BCUT2D eigenvalue weighted by molar-refractivity contribution is 7.17. The normalized spacial score (nSPS) is 12.8. The van der Waals surface area contributed by atoms with Crippen molar-refractivity contribution < 1.29 is 24.0 Å². The molecule has 0 atom stereocenters. The largest absolute Gasteiger partial charge is 0.483 e. The highest BCUT2D eigenvalue weighted by Gasteiger charge is 2.27. The lowest BCUT2D eigenvalue weighted by Gasteiger charge is -2.12. The zero-order chi connectivity index (χ0) is 20.3.